The molecule has 0 unspecified atom stereocenters. The number of rotatable bonds is 39. The van der Waals surface area contributed by atoms with Crippen molar-refractivity contribution < 1.29 is 16.8 Å². The lowest BCUT2D eigenvalue weighted by atomic mass is 9.94. The average molecular weight is 659 g/mol. The molecular weight excluding hydrogens is 577 g/mol. The highest BCUT2D eigenvalue weighted by Gasteiger charge is 2.16. The molecule has 0 saturated carbocycles. The second-order valence-corrected chi connectivity index (χ2v) is 15.4. The molecule has 0 aliphatic carbocycles. The van der Waals surface area contributed by atoms with E-state index in [0.717, 1.165) is 12.8 Å². The molecule has 0 fully saturated rings. The van der Waals surface area contributed by atoms with Gasteiger partial charge in [-0.1, -0.05) is 219 Å². The lowest BCUT2D eigenvalue weighted by Gasteiger charge is -2.17. The first kappa shape index (κ1) is 44.9. The molecule has 0 atom stereocenters. The Kier molecular flexibility index (Phi) is 36.6. The molecule has 0 saturated heterocycles. The normalized spacial score (nSPS) is 12.1. The molecule has 5 heteroatoms. The third-order valence-electron chi connectivity index (χ3n) is 9.64. The van der Waals surface area contributed by atoms with Gasteiger partial charge in [-0.05, 0) is 25.7 Å². The topological polar surface area (TPSA) is 52.6 Å². The van der Waals surface area contributed by atoms with Crippen LogP contribution < -0.4 is 0 Å². The van der Waals surface area contributed by atoms with Crippen LogP contribution >= 0.6 is 0 Å². The van der Waals surface area contributed by atoms with E-state index in [2.05, 4.69) is 13.8 Å². The maximum atomic E-state index is 11.9. The molecule has 0 aromatic carbocycles. The van der Waals surface area contributed by atoms with Gasteiger partial charge in [0.1, 0.15) is 0 Å². The SMILES string of the molecule is CCCCCCCCCCCCCCCCCCC(CCCCCCCCCCCCCCCCCC)COS(=O)(=O)OCC. The smallest absolute Gasteiger partial charge is 0.248 e. The van der Waals surface area contributed by atoms with E-state index in [1.807, 2.05) is 0 Å². The van der Waals surface area contributed by atoms with Crippen LogP contribution in [0.15, 0.2) is 0 Å². The molecule has 0 heterocycles. The molecule has 4 nitrogen and oxygen atoms in total. The van der Waals surface area contributed by atoms with Crippen LogP contribution in [0.5, 0.6) is 0 Å². The fourth-order valence-corrected chi connectivity index (χ4v) is 7.35. The largest absolute Gasteiger partial charge is 0.399 e. The summed E-state index contributed by atoms with van der Waals surface area (Å²) in [6, 6.07) is 0. The summed E-state index contributed by atoms with van der Waals surface area (Å²) < 4.78 is 33.9. The van der Waals surface area contributed by atoms with Crippen LogP contribution in [0, 0.1) is 5.92 Å². The van der Waals surface area contributed by atoms with E-state index in [4.69, 9.17) is 8.37 Å². The standard InChI is InChI=1S/C40H82O4S/c1-4-7-9-11-13-15-17-19-21-23-25-27-29-31-33-35-37-40(39-44-45(41,42)43-6-3)38-36-34-32-30-28-26-24-22-20-18-16-14-12-10-8-5-2/h40H,4-39H2,1-3H3. The molecule has 0 radical (unpaired) electrons. The Morgan fingerprint density at radius 1 is 0.356 bits per heavy atom. The van der Waals surface area contributed by atoms with Crippen molar-refractivity contribution in [1.29, 1.82) is 0 Å². The Bertz CT molecular complexity index is 615. The second kappa shape index (κ2) is 36.7. The summed E-state index contributed by atoms with van der Waals surface area (Å²) in [6.07, 6.45) is 46.2. The van der Waals surface area contributed by atoms with Gasteiger partial charge in [-0.3, -0.25) is 0 Å². The Balaban J connectivity index is 3.82. The molecule has 0 bridgehead atoms. The van der Waals surface area contributed by atoms with Gasteiger partial charge < -0.3 is 0 Å². The van der Waals surface area contributed by atoms with Crippen LogP contribution in [-0.2, 0) is 18.8 Å². The Morgan fingerprint density at radius 2 is 0.600 bits per heavy atom. The predicted octanol–water partition coefficient (Wildman–Crippen LogP) is 14.2. The number of hydrogen-bond donors (Lipinski definition) is 0. The fraction of sp³-hybridized carbons (Fsp3) is 1.00. The first-order chi connectivity index (χ1) is 22.1. The van der Waals surface area contributed by atoms with E-state index in [0.29, 0.717) is 5.92 Å². The second-order valence-electron chi connectivity index (χ2n) is 14.1. The molecule has 0 aliphatic heterocycles. The van der Waals surface area contributed by atoms with Gasteiger partial charge in [0.15, 0.2) is 0 Å². The number of unbranched alkanes of at least 4 members (excludes halogenated alkanes) is 30. The molecule has 0 N–H and O–H groups in total. The van der Waals surface area contributed by atoms with Crippen LogP contribution in [0.4, 0.5) is 0 Å². The van der Waals surface area contributed by atoms with E-state index in [1.54, 1.807) is 6.92 Å². The van der Waals surface area contributed by atoms with Crippen LogP contribution in [0.3, 0.4) is 0 Å². The highest BCUT2D eigenvalue weighted by molar-refractivity contribution is 7.81. The Labute approximate surface area is 284 Å². The van der Waals surface area contributed by atoms with Crippen molar-refractivity contribution in [3.05, 3.63) is 0 Å². The van der Waals surface area contributed by atoms with Gasteiger partial charge in [-0.25, -0.2) is 8.37 Å². The van der Waals surface area contributed by atoms with Gasteiger partial charge >= 0.3 is 10.4 Å². The van der Waals surface area contributed by atoms with E-state index in [-0.39, 0.29) is 13.2 Å². The summed E-state index contributed by atoms with van der Waals surface area (Å²) in [6.45, 7) is 6.67. The minimum Gasteiger partial charge on any atom is -0.248 e. The van der Waals surface area contributed by atoms with E-state index in [1.165, 1.54) is 205 Å². The molecule has 0 aromatic rings. The molecule has 0 aromatic heterocycles. The first-order valence-electron chi connectivity index (χ1n) is 20.6. The van der Waals surface area contributed by atoms with Crippen LogP contribution in [-0.4, -0.2) is 21.6 Å². The maximum absolute atomic E-state index is 11.9. The summed E-state index contributed by atoms with van der Waals surface area (Å²) >= 11 is 0. The van der Waals surface area contributed by atoms with E-state index in [9.17, 15) is 8.42 Å². The van der Waals surface area contributed by atoms with Crippen LogP contribution in [0.2, 0.25) is 0 Å². The Morgan fingerprint density at radius 3 is 0.844 bits per heavy atom. The molecule has 0 aliphatic rings. The third-order valence-corrected chi connectivity index (χ3v) is 10.6. The highest BCUT2D eigenvalue weighted by atomic mass is 32.3. The molecule has 0 amide bonds. The summed E-state index contributed by atoms with van der Waals surface area (Å²) in [5, 5.41) is 0. The zero-order valence-electron chi connectivity index (χ0n) is 31.1. The summed E-state index contributed by atoms with van der Waals surface area (Å²) in [4.78, 5) is 0. The average Bonchev–Trinajstić information content (AvgIpc) is 3.02. The van der Waals surface area contributed by atoms with Crippen molar-refractivity contribution in [2.75, 3.05) is 13.2 Å². The molecule has 0 spiro atoms. The van der Waals surface area contributed by atoms with E-state index >= 15 is 0 Å². The van der Waals surface area contributed by atoms with Crippen LogP contribution in [0.25, 0.3) is 0 Å². The van der Waals surface area contributed by atoms with Gasteiger partial charge in [-0.15, -0.1) is 0 Å². The van der Waals surface area contributed by atoms with Crippen molar-refractivity contribution in [1.82, 2.24) is 0 Å². The van der Waals surface area contributed by atoms with Gasteiger partial charge in [0.2, 0.25) is 0 Å². The monoisotopic (exact) mass is 659 g/mol. The number of hydrogen-bond acceptors (Lipinski definition) is 4. The summed E-state index contributed by atoms with van der Waals surface area (Å²) in [7, 11) is -3.85. The van der Waals surface area contributed by atoms with Gasteiger partial charge in [0.05, 0.1) is 13.2 Å². The van der Waals surface area contributed by atoms with Crippen molar-refractivity contribution in [2.24, 2.45) is 5.92 Å². The molecular formula is C40H82O4S. The lowest BCUT2D eigenvalue weighted by Crippen LogP contribution is -2.17. The summed E-state index contributed by atoms with van der Waals surface area (Å²) in [5.41, 5.74) is 0. The van der Waals surface area contributed by atoms with E-state index < -0.39 is 10.4 Å². The minimum atomic E-state index is -3.85. The van der Waals surface area contributed by atoms with Gasteiger partial charge in [0, 0.05) is 0 Å². The van der Waals surface area contributed by atoms with Gasteiger partial charge in [-0.2, -0.15) is 8.42 Å². The van der Waals surface area contributed by atoms with Gasteiger partial charge in [0.25, 0.3) is 0 Å². The first-order valence-corrected chi connectivity index (χ1v) is 21.9. The van der Waals surface area contributed by atoms with Crippen molar-refractivity contribution in [2.45, 2.75) is 239 Å². The highest BCUT2D eigenvalue weighted by Crippen LogP contribution is 2.22. The van der Waals surface area contributed by atoms with Crippen molar-refractivity contribution >= 4 is 10.4 Å². The zero-order chi connectivity index (χ0) is 32.9. The van der Waals surface area contributed by atoms with Crippen molar-refractivity contribution in [3.8, 4) is 0 Å². The lowest BCUT2D eigenvalue weighted by molar-refractivity contribution is 0.181. The van der Waals surface area contributed by atoms with Crippen molar-refractivity contribution in [3.63, 3.8) is 0 Å². The Hall–Kier alpha value is -0.130. The quantitative estimate of drug-likeness (QED) is 0.0617. The maximum Gasteiger partial charge on any atom is 0.399 e. The molecule has 272 valence electrons. The summed E-state index contributed by atoms with van der Waals surface area (Å²) in [5.74, 6) is 0.318. The fourth-order valence-electron chi connectivity index (χ4n) is 6.63. The molecule has 0 rings (SSSR count). The third kappa shape index (κ3) is 36.6. The minimum absolute atomic E-state index is 0.130. The molecule has 45 heavy (non-hydrogen) atoms. The predicted molar refractivity (Wildman–Crippen MR) is 198 cm³/mol. The zero-order valence-corrected chi connectivity index (χ0v) is 31.9. The van der Waals surface area contributed by atoms with Crippen LogP contribution in [0.1, 0.15) is 239 Å².